The zero-order chi connectivity index (χ0) is 14.7. The second-order valence-electron chi connectivity index (χ2n) is 7.36. The highest BCUT2D eigenvalue weighted by Gasteiger charge is 2.41. The molecule has 1 saturated carbocycles. The largest absolute Gasteiger partial charge is 0.353 e. The zero-order valence-electron chi connectivity index (χ0n) is 13.4. The topological polar surface area (TPSA) is 55.1 Å². The van der Waals surface area contributed by atoms with Crippen molar-refractivity contribution in [3.8, 4) is 0 Å². The van der Waals surface area contributed by atoms with Gasteiger partial charge in [-0.3, -0.25) is 4.79 Å². The van der Waals surface area contributed by atoms with E-state index in [-0.39, 0.29) is 11.9 Å². The van der Waals surface area contributed by atoms with Crippen LogP contribution in [0.25, 0.3) is 0 Å². The molecule has 112 valence electrons. The maximum Gasteiger partial charge on any atom is 0.227 e. The van der Waals surface area contributed by atoms with Crippen LogP contribution >= 0.6 is 0 Å². The molecular weight excluding hydrogens is 236 g/mol. The van der Waals surface area contributed by atoms with Gasteiger partial charge >= 0.3 is 0 Å². The number of amides is 1. The Balaban J connectivity index is 2.60. The molecule has 1 atom stereocenters. The fourth-order valence-corrected chi connectivity index (χ4v) is 2.61. The average Bonchev–Trinajstić information content (AvgIpc) is 2.55. The minimum absolute atomic E-state index is 0.0803. The molecule has 0 spiro atoms. The molecule has 0 aromatic rings. The van der Waals surface area contributed by atoms with E-state index in [9.17, 15) is 4.79 Å². The van der Waals surface area contributed by atoms with Gasteiger partial charge in [0.2, 0.25) is 5.91 Å². The van der Waals surface area contributed by atoms with E-state index in [0.717, 1.165) is 0 Å². The van der Waals surface area contributed by atoms with Crippen LogP contribution in [-0.2, 0) is 4.79 Å². The van der Waals surface area contributed by atoms with Crippen LogP contribution in [0.4, 0.5) is 0 Å². The van der Waals surface area contributed by atoms with Crippen LogP contribution in [0.15, 0.2) is 0 Å². The lowest BCUT2D eigenvalue weighted by molar-refractivity contribution is -0.133. The first-order valence-electron chi connectivity index (χ1n) is 7.76. The smallest absolute Gasteiger partial charge is 0.227 e. The molecule has 0 radical (unpaired) electrons. The minimum atomic E-state index is -0.550. The third-order valence-corrected chi connectivity index (χ3v) is 5.14. The summed E-state index contributed by atoms with van der Waals surface area (Å²) < 4.78 is 0. The molecule has 0 aromatic heterocycles. The lowest BCUT2D eigenvalue weighted by Crippen LogP contribution is -2.57. The van der Waals surface area contributed by atoms with Crippen LogP contribution < -0.4 is 11.1 Å². The van der Waals surface area contributed by atoms with Gasteiger partial charge in [0.05, 0.1) is 5.41 Å². The molecule has 3 heteroatoms. The van der Waals surface area contributed by atoms with E-state index < -0.39 is 11.0 Å². The molecule has 3 nitrogen and oxygen atoms in total. The fraction of sp³-hybridized carbons (Fsp3) is 0.938. The van der Waals surface area contributed by atoms with Gasteiger partial charge in [-0.05, 0) is 53.4 Å². The van der Waals surface area contributed by atoms with E-state index in [4.69, 9.17) is 5.73 Å². The molecule has 0 unspecified atom stereocenters. The van der Waals surface area contributed by atoms with Crippen molar-refractivity contribution in [2.75, 3.05) is 0 Å². The molecule has 0 aliphatic heterocycles. The van der Waals surface area contributed by atoms with Gasteiger partial charge in [-0.15, -0.1) is 0 Å². The second-order valence-corrected chi connectivity index (χ2v) is 7.36. The summed E-state index contributed by atoms with van der Waals surface area (Å²) in [6.07, 6.45) is 7.78. The summed E-state index contributed by atoms with van der Waals surface area (Å²) in [5.41, 5.74) is 5.07. The quantitative estimate of drug-likeness (QED) is 0.769. The highest BCUT2D eigenvalue weighted by Crippen LogP contribution is 2.30. The standard InChI is InChI=1S/C16H32N2O/c1-12(13-10-8-6-7-9-11-13)18-14(19)15(2,3)16(4,5)17/h12-13H,6-11,17H2,1-5H3,(H,18,19)/t12-/m1/s1. The van der Waals surface area contributed by atoms with Crippen molar-refractivity contribution in [1.82, 2.24) is 5.32 Å². The number of carbonyl (C=O) groups excluding carboxylic acids is 1. The Morgan fingerprint density at radius 2 is 1.58 bits per heavy atom. The van der Waals surface area contributed by atoms with Crippen LogP contribution in [0.1, 0.15) is 73.1 Å². The van der Waals surface area contributed by atoms with E-state index in [2.05, 4.69) is 12.2 Å². The van der Waals surface area contributed by atoms with Crippen LogP contribution in [0.3, 0.4) is 0 Å². The first kappa shape index (κ1) is 16.5. The number of hydrogen-bond acceptors (Lipinski definition) is 2. The summed E-state index contributed by atoms with van der Waals surface area (Å²) in [5, 5.41) is 3.21. The SMILES string of the molecule is C[C@@H](NC(=O)C(C)(C)C(C)(C)N)C1CCCCCC1. The third kappa shape index (κ3) is 4.20. The third-order valence-electron chi connectivity index (χ3n) is 5.14. The number of hydrogen-bond donors (Lipinski definition) is 2. The van der Waals surface area contributed by atoms with E-state index in [1.807, 2.05) is 27.7 Å². The van der Waals surface area contributed by atoms with E-state index in [0.29, 0.717) is 5.92 Å². The summed E-state index contributed by atoms with van der Waals surface area (Å²) in [6, 6.07) is 0.257. The number of carbonyl (C=O) groups is 1. The first-order valence-corrected chi connectivity index (χ1v) is 7.76. The fourth-order valence-electron chi connectivity index (χ4n) is 2.61. The van der Waals surface area contributed by atoms with Crippen LogP contribution in [-0.4, -0.2) is 17.5 Å². The predicted molar refractivity (Wildman–Crippen MR) is 80.8 cm³/mol. The van der Waals surface area contributed by atoms with Gasteiger partial charge in [0.1, 0.15) is 0 Å². The van der Waals surface area contributed by atoms with Crippen molar-refractivity contribution < 1.29 is 4.79 Å². The van der Waals surface area contributed by atoms with Crippen LogP contribution in [0.2, 0.25) is 0 Å². The highest BCUT2D eigenvalue weighted by atomic mass is 16.2. The highest BCUT2D eigenvalue weighted by molar-refractivity contribution is 5.83. The van der Waals surface area contributed by atoms with Crippen molar-refractivity contribution in [2.45, 2.75) is 84.7 Å². The molecule has 1 amide bonds. The number of rotatable bonds is 4. The van der Waals surface area contributed by atoms with Crippen molar-refractivity contribution >= 4 is 5.91 Å². The summed E-state index contributed by atoms with van der Waals surface area (Å²) in [6.45, 7) is 9.85. The molecular formula is C16H32N2O. The van der Waals surface area contributed by atoms with Gasteiger partial charge in [-0.2, -0.15) is 0 Å². The van der Waals surface area contributed by atoms with Gasteiger partial charge in [0, 0.05) is 11.6 Å². The Morgan fingerprint density at radius 1 is 1.11 bits per heavy atom. The normalized spacial score (nSPS) is 20.7. The lowest BCUT2D eigenvalue weighted by atomic mass is 9.74. The summed E-state index contributed by atoms with van der Waals surface area (Å²) >= 11 is 0. The Bertz CT molecular complexity index is 296. The van der Waals surface area contributed by atoms with Gasteiger partial charge in [0.15, 0.2) is 0 Å². The molecule has 1 rings (SSSR count). The number of nitrogens with one attached hydrogen (secondary N) is 1. The monoisotopic (exact) mass is 268 g/mol. The van der Waals surface area contributed by atoms with Crippen LogP contribution in [0, 0.1) is 11.3 Å². The molecule has 0 saturated heterocycles. The van der Waals surface area contributed by atoms with Gasteiger partial charge in [0.25, 0.3) is 0 Å². The predicted octanol–water partition coefficient (Wildman–Crippen LogP) is 3.23. The molecule has 1 fully saturated rings. The maximum absolute atomic E-state index is 12.5. The Hall–Kier alpha value is -0.570. The number of nitrogens with two attached hydrogens (primary N) is 1. The van der Waals surface area contributed by atoms with E-state index in [1.54, 1.807) is 0 Å². The average molecular weight is 268 g/mol. The maximum atomic E-state index is 12.5. The lowest BCUT2D eigenvalue weighted by Gasteiger charge is -2.38. The molecule has 3 N–H and O–H groups in total. The second kappa shape index (κ2) is 6.25. The van der Waals surface area contributed by atoms with Crippen molar-refractivity contribution in [1.29, 1.82) is 0 Å². The van der Waals surface area contributed by atoms with Crippen molar-refractivity contribution in [2.24, 2.45) is 17.1 Å². The Labute approximate surface area is 118 Å². The van der Waals surface area contributed by atoms with Crippen molar-refractivity contribution in [3.63, 3.8) is 0 Å². The summed E-state index contributed by atoms with van der Waals surface area (Å²) in [5.74, 6) is 0.708. The van der Waals surface area contributed by atoms with E-state index >= 15 is 0 Å². The van der Waals surface area contributed by atoms with Gasteiger partial charge in [-0.1, -0.05) is 25.7 Å². The Morgan fingerprint density at radius 3 is 2.00 bits per heavy atom. The Kier molecular flexibility index (Phi) is 5.43. The molecule has 1 aliphatic rings. The molecule has 0 heterocycles. The molecule has 0 bridgehead atoms. The molecule has 0 aromatic carbocycles. The first-order chi connectivity index (χ1) is 8.66. The zero-order valence-corrected chi connectivity index (χ0v) is 13.4. The minimum Gasteiger partial charge on any atom is -0.353 e. The molecule has 1 aliphatic carbocycles. The van der Waals surface area contributed by atoms with E-state index in [1.165, 1.54) is 38.5 Å². The van der Waals surface area contributed by atoms with Gasteiger partial charge < -0.3 is 11.1 Å². The van der Waals surface area contributed by atoms with Gasteiger partial charge in [-0.25, -0.2) is 0 Å². The summed E-state index contributed by atoms with van der Waals surface area (Å²) in [7, 11) is 0. The van der Waals surface area contributed by atoms with Crippen molar-refractivity contribution in [3.05, 3.63) is 0 Å². The molecule has 19 heavy (non-hydrogen) atoms. The summed E-state index contributed by atoms with van der Waals surface area (Å²) in [4.78, 5) is 12.5. The van der Waals surface area contributed by atoms with Crippen LogP contribution in [0.5, 0.6) is 0 Å².